The standard InChI is InChI=1S/C21H23NO4/c1-21(2)12-16(19(23)24)18(15-10-6-7-11-17(15)21)22-20(25)26-13-14-8-4-3-5-9-14/h3-11,16,18H,12-13H2,1-2H3,(H,22,25)(H,23,24)/t16-,18+/m0/s1. The second-order valence-electron chi connectivity index (χ2n) is 7.30. The van der Waals surface area contributed by atoms with E-state index < -0.39 is 24.0 Å². The molecule has 1 amide bonds. The van der Waals surface area contributed by atoms with E-state index in [1.54, 1.807) is 0 Å². The summed E-state index contributed by atoms with van der Waals surface area (Å²) in [5, 5.41) is 12.5. The van der Waals surface area contributed by atoms with Gasteiger partial charge in [0.1, 0.15) is 6.61 Å². The van der Waals surface area contributed by atoms with Crippen LogP contribution in [0.2, 0.25) is 0 Å². The molecule has 0 saturated carbocycles. The van der Waals surface area contributed by atoms with Gasteiger partial charge in [0.05, 0.1) is 12.0 Å². The summed E-state index contributed by atoms with van der Waals surface area (Å²) in [4.78, 5) is 24.1. The van der Waals surface area contributed by atoms with Gasteiger partial charge in [-0.25, -0.2) is 4.79 Å². The molecule has 0 fully saturated rings. The number of ether oxygens (including phenoxy) is 1. The first-order chi connectivity index (χ1) is 12.4. The predicted molar refractivity (Wildman–Crippen MR) is 97.7 cm³/mol. The summed E-state index contributed by atoms with van der Waals surface area (Å²) in [5.74, 6) is -1.62. The van der Waals surface area contributed by atoms with Gasteiger partial charge in [0.25, 0.3) is 0 Å². The van der Waals surface area contributed by atoms with Crippen molar-refractivity contribution in [2.45, 2.75) is 38.3 Å². The summed E-state index contributed by atoms with van der Waals surface area (Å²) in [7, 11) is 0. The van der Waals surface area contributed by atoms with E-state index in [0.717, 1.165) is 16.7 Å². The van der Waals surface area contributed by atoms with Gasteiger partial charge in [-0.05, 0) is 28.5 Å². The van der Waals surface area contributed by atoms with Crippen molar-refractivity contribution in [2.75, 3.05) is 0 Å². The Morgan fingerprint density at radius 1 is 1.12 bits per heavy atom. The topological polar surface area (TPSA) is 75.6 Å². The van der Waals surface area contributed by atoms with Gasteiger partial charge in [0.15, 0.2) is 0 Å². The molecular formula is C21H23NO4. The van der Waals surface area contributed by atoms with Crippen LogP contribution in [0.1, 0.15) is 43.0 Å². The monoisotopic (exact) mass is 353 g/mol. The van der Waals surface area contributed by atoms with Crippen LogP contribution in [0.15, 0.2) is 54.6 Å². The van der Waals surface area contributed by atoms with Gasteiger partial charge in [0, 0.05) is 0 Å². The number of carbonyl (C=O) groups is 2. The van der Waals surface area contributed by atoms with E-state index >= 15 is 0 Å². The average molecular weight is 353 g/mol. The number of nitrogens with one attached hydrogen (secondary N) is 1. The Morgan fingerprint density at radius 3 is 2.46 bits per heavy atom. The fourth-order valence-corrected chi connectivity index (χ4v) is 3.68. The van der Waals surface area contributed by atoms with Crippen molar-refractivity contribution in [1.29, 1.82) is 0 Å². The second-order valence-corrected chi connectivity index (χ2v) is 7.30. The maximum atomic E-state index is 12.3. The van der Waals surface area contributed by atoms with Crippen molar-refractivity contribution in [3.63, 3.8) is 0 Å². The van der Waals surface area contributed by atoms with Crippen molar-refractivity contribution < 1.29 is 19.4 Å². The molecule has 5 nitrogen and oxygen atoms in total. The largest absolute Gasteiger partial charge is 0.481 e. The highest BCUT2D eigenvalue weighted by atomic mass is 16.5. The van der Waals surface area contributed by atoms with Gasteiger partial charge in [-0.3, -0.25) is 4.79 Å². The SMILES string of the molecule is CC1(C)C[C@H](C(=O)O)[C@H](NC(=O)OCc2ccccc2)c2ccccc21. The molecule has 2 atom stereocenters. The van der Waals surface area contributed by atoms with Crippen molar-refractivity contribution in [3.05, 3.63) is 71.3 Å². The molecule has 0 aliphatic heterocycles. The van der Waals surface area contributed by atoms with Gasteiger partial charge in [-0.15, -0.1) is 0 Å². The smallest absolute Gasteiger partial charge is 0.407 e. The van der Waals surface area contributed by atoms with Gasteiger partial charge in [0.2, 0.25) is 0 Å². The molecule has 5 heteroatoms. The van der Waals surface area contributed by atoms with Crippen molar-refractivity contribution >= 4 is 12.1 Å². The third-order valence-electron chi connectivity index (χ3n) is 4.96. The molecule has 2 N–H and O–H groups in total. The molecule has 2 aromatic rings. The second kappa shape index (κ2) is 7.20. The summed E-state index contributed by atoms with van der Waals surface area (Å²) in [6, 6.07) is 16.4. The molecule has 2 aromatic carbocycles. The molecular weight excluding hydrogens is 330 g/mol. The molecule has 0 saturated heterocycles. The molecule has 0 spiro atoms. The summed E-state index contributed by atoms with van der Waals surface area (Å²) >= 11 is 0. The minimum Gasteiger partial charge on any atom is -0.481 e. The van der Waals surface area contributed by atoms with Crippen molar-refractivity contribution in [2.24, 2.45) is 5.92 Å². The summed E-state index contributed by atoms with van der Waals surface area (Å²) < 4.78 is 5.28. The normalized spacial score (nSPS) is 20.7. The molecule has 0 heterocycles. The maximum Gasteiger partial charge on any atom is 0.407 e. The number of fused-ring (bicyclic) bond motifs is 1. The minimum absolute atomic E-state index is 0.143. The molecule has 0 bridgehead atoms. The quantitative estimate of drug-likeness (QED) is 0.870. The Balaban J connectivity index is 1.79. The van der Waals surface area contributed by atoms with Crippen molar-refractivity contribution in [3.8, 4) is 0 Å². The van der Waals surface area contributed by atoms with Gasteiger partial charge in [-0.1, -0.05) is 68.4 Å². The van der Waals surface area contributed by atoms with Crippen LogP contribution >= 0.6 is 0 Å². The lowest BCUT2D eigenvalue weighted by Gasteiger charge is -2.40. The van der Waals surface area contributed by atoms with Crippen LogP contribution in [0.3, 0.4) is 0 Å². The molecule has 1 aliphatic rings. The van der Waals surface area contributed by atoms with Crippen LogP contribution in [-0.2, 0) is 21.6 Å². The minimum atomic E-state index is -0.916. The molecule has 26 heavy (non-hydrogen) atoms. The summed E-state index contributed by atoms with van der Waals surface area (Å²) in [5.41, 5.74) is 2.51. The summed E-state index contributed by atoms with van der Waals surface area (Å²) in [6.45, 7) is 4.21. The van der Waals surface area contributed by atoms with Crippen LogP contribution in [0.5, 0.6) is 0 Å². The van der Waals surface area contributed by atoms with E-state index in [4.69, 9.17) is 4.74 Å². The predicted octanol–water partition coefficient (Wildman–Crippen LogP) is 4.04. The van der Waals surface area contributed by atoms with Crippen molar-refractivity contribution in [1.82, 2.24) is 5.32 Å². The van der Waals surface area contributed by atoms with E-state index in [1.807, 2.05) is 68.4 Å². The van der Waals surface area contributed by atoms with E-state index in [2.05, 4.69) is 5.32 Å². The number of hydrogen-bond acceptors (Lipinski definition) is 3. The van der Waals surface area contributed by atoms with Crippen LogP contribution in [0, 0.1) is 5.92 Å². The fourth-order valence-electron chi connectivity index (χ4n) is 3.68. The third-order valence-corrected chi connectivity index (χ3v) is 4.96. The molecule has 0 aromatic heterocycles. The fraction of sp³-hybridized carbons (Fsp3) is 0.333. The Kier molecular flexibility index (Phi) is 4.98. The number of carboxylic acids is 1. The maximum absolute atomic E-state index is 12.3. The number of rotatable bonds is 4. The zero-order valence-electron chi connectivity index (χ0n) is 14.9. The Bertz CT molecular complexity index is 801. The molecule has 1 aliphatic carbocycles. The number of alkyl carbamates (subject to hydrolysis) is 1. The number of hydrogen-bond donors (Lipinski definition) is 2. The van der Waals surface area contributed by atoms with E-state index in [1.165, 1.54) is 0 Å². The van der Waals surface area contributed by atoms with Gasteiger partial charge < -0.3 is 15.2 Å². The highest BCUT2D eigenvalue weighted by Gasteiger charge is 2.43. The third kappa shape index (κ3) is 3.72. The Hall–Kier alpha value is -2.82. The lowest BCUT2D eigenvalue weighted by atomic mass is 9.66. The van der Waals surface area contributed by atoms with Crippen LogP contribution in [-0.4, -0.2) is 17.2 Å². The lowest BCUT2D eigenvalue weighted by Crippen LogP contribution is -2.44. The van der Waals surface area contributed by atoms with Crippen LogP contribution in [0.25, 0.3) is 0 Å². The number of aliphatic carboxylic acids is 1. The molecule has 0 unspecified atom stereocenters. The molecule has 136 valence electrons. The number of benzene rings is 2. The van der Waals surface area contributed by atoms with Crippen LogP contribution < -0.4 is 5.32 Å². The Labute approximate surface area is 153 Å². The number of carbonyl (C=O) groups excluding carboxylic acids is 1. The van der Waals surface area contributed by atoms with Crippen LogP contribution in [0.4, 0.5) is 4.79 Å². The van der Waals surface area contributed by atoms with Gasteiger partial charge in [-0.2, -0.15) is 0 Å². The van der Waals surface area contributed by atoms with Gasteiger partial charge >= 0.3 is 12.1 Å². The molecule has 3 rings (SSSR count). The van der Waals surface area contributed by atoms with E-state index in [0.29, 0.717) is 6.42 Å². The zero-order chi connectivity index (χ0) is 18.7. The van der Waals surface area contributed by atoms with E-state index in [9.17, 15) is 14.7 Å². The zero-order valence-corrected chi connectivity index (χ0v) is 14.9. The lowest BCUT2D eigenvalue weighted by molar-refractivity contribution is -0.144. The Morgan fingerprint density at radius 2 is 1.77 bits per heavy atom. The number of amides is 1. The van der Waals surface area contributed by atoms with E-state index in [-0.39, 0.29) is 12.0 Å². The first-order valence-corrected chi connectivity index (χ1v) is 8.68. The highest BCUT2D eigenvalue weighted by molar-refractivity contribution is 5.75. The highest BCUT2D eigenvalue weighted by Crippen LogP contribution is 2.44. The first-order valence-electron chi connectivity index (χ1n) is 8.68. The number of carboxylic acid groups (broad SMARTS) is 1. The molecule has 0 radical (unpaired) electrons. The summed E-state index contributed by atoms with van der Waals surface area (Å²) in [6.07, 6.45) is -0.164. The average Bonchev–Trinajstić information content (AvgIpc) is 2.63. The first kappa shape index (κ1) is 18.0.